The van der Waals surface area contributed by atoms with Crippen molar-refractivity contribution < 1.29 is 14.3 Å². The number of para-hydroxylation sites is 1. The van der Waals surface area contributed by atoms with Crippen molar-refractivity contribution in [3.8, 4) is 11.5 Å². The Labute approximate surface area is 151 Å². The van der Waals surface area contributed by atoms with E-state index < -0.39 is 0 Å². The highest BCUT2D eigenvalue weighted by atomic mass is 16.7. The lowest BCUT2D eigenvalue weighted by Gasteiger charge is -2.13. The Balaban J connectivity index is 1.47. The van der Waals surface area contributed by atoms with Crippen molar-refractivity contribution in [1.82, 2.24) is 10.3 Å². The number of rotatable bonds is 4. The van der Waals surface area contributed by atoms with Crippen molar-refractivity contribution in [2.75, 3.05) is 6.79 Å². The molecule has 0 saturated heterocycles. The number of hydrogen-bond donors (Lipinski definition) is 1. The predicted octanol–water partition coefficient (Wildman–Crippen LogP) is 3.85. The standard InChI is InChI=1S/C21H18N2O3/c1-14(16-6-8-19-20(12-16)26-13-25-19)23-21(24)9-7-15-10-11-22-18-5-3-2-4-17(15)18/h2-12,14H,13H2,1H3,(H,23,24). The Hall–Kier alpha value is -3.34. The van der Waals surface area contributed by atoms with Crippen LogP contribution in [0.25, 0.3) is 17.0 Å². The van der Waals surface area contributed by atoms with Gasteiger partial charge in [-0.3, -0.25) is 9.78 Å². The molecule has 1 unspecified atom stereocenters. The molecule has 1 N–H and O–H groups in total. The number of nitrogens with one attached hydrogen (secondary N) is 1. The average molecular weight is 346 g/mol. The molecule has 1 atom stereocenters. The fourth-order valence-electron chi connectivity index (χ4n) is 2.96. The second-order valence-corrected chi connectivity index (χ2v) is 6.09. The predicted molar refractivity (Wildman–Crippen MR) is 99.9 cm³/mol. The smallest absolute Gasteiger partial charge is 0.244 e. The van der Waals surface area contributed by atoms with E-state index in [1.807, 2.05) is 61.5 Å². The molecule has 0 bridgehead atoms. The zero-order valence-electron chi connectivity index (χ0n) is 14.3. The van der Waals surface area contributed by atoms with E-state index in [0.29, 0.717) is 5.75 Å². The Morgan fingerprint density at radius 1 is 1.15 bits per heavy atom. The van der Waals surface area contributed by atoms with Gasteiger partial charge in [-0.1, -0.05) is 24.3 Å². The minimum absolute atomic E-state index is 0.143. The van der Waals surface area contributed by atoms with E-state index >= 15 is 0 Å². The number of benzene rings is 2. The largest absolute Gasteiger partial charge is 0.454 e. The second-order valence-electron chi connectivity index (χ2n) is 6.09. The highest BCUT2D eigenvalue weighted by Crippen LogP contribution is 2.34. The van der Waals surface area contributed by atoms with Gasteiger partial charge in [-0.25, -0.2) is 0 Å². The summed E-state index contributed by atoms with van der Waals surface area (Å²) in [5.41, 5.74) is 2.83. The van der Waals surface area contributed by atoms with Gasteiger partial charge in [0.15, 0.2) is 11.5 Å². The van der Waals surface area contributed by atoms with Crippen molar-refractivity contribution in [3.05, 3.63) is 71.9 Å². The van der Waals surface area contributed by atoms with Crippen LogP contribution < -0.4 is 14.8 Å². The summed E-state index contributed by atoms with van der Waals surface area (Å²) in [5.74, 6) is 1.29. The zero-order valence-corrected chi connectivity index (χ0v) is 14.3. The molecular weight excluding hydrogens is 328 g/mol. The number of carbonyl (C=O) groups excluding carboxylic acids is 1. The summed E-state index contributed by atoms with van der Waals surface area (Å²) in [6, 6.07) is 15.3. The third-order valence-corrected chi connectivity index (χ3v) is 4.35. The minimum atomic E-state index is -0.156. The van der Waals surface area contributed by atoms with E-state index in [1.54, 1.807) is 12.3 Å². The quantitative estimate of drug-likeness (QED) is 0.729. The number of pyridine rings is 1. The molecule has 1 amide bonds. The number of nitrogens with zero attached hydrogens (tertiary/aromatic N) is 1. The number of aromatic nitrogens is 1. The van der Waals surface area contributed by atoms with E-state index in [0.717, 1.165) is 27.8 Å². The lowest BCUT2D eigenvalue weighted by atomic mass is 10.1. The molecule has 0 saturated carbocycles. The highest BCUT2D eigenvalue weighted by molar-refractivity contribution is 5.95. The minimum Gasteiger partial charge on any atom is -0.454 e. The number of ether oxygens (including phenoxy) is 2. The molecule has 0 aliphatic carbocycles. The second kappa shape index (κ2) is 6.88. The topological polar surface area (TPSA) is 60.5 Å². The van der Waals surface area contributed by atoms with Crippen LogP contribution in [-0.4, -0.2) is 17.7 Å². The Morgan fingerprint density at radius 2 is 2.00 bits per heavy atom. The van der Waals surface area contributed by atoms with Gasteiger partial charge in [-0.15, -0.1) is 0 Å². The van der Waals surface area contributed by atoms with Crippen molar-refractivity contribution in [2.45, 2.75) is 13.0 Å². The summed E-state index contributed by atoms with van der Waals surface area (Å²) in [4.78, 5) is 16.6. The van der Waals surface area contributed by atoms with Gasteiger partial charge >= 0.3 is 0 Å². The Bertz CT molecular complexity index is 992. The van der Waals surface area contributed by atoms with Gasteiger partial charge in [0.25, 0.3) is 0 Å². The Morgan fingerprint density at radius 3 is 2.92 bits per heavy atom. The van der Waals surface area contributed by atoms with E-state index in [4.69, 9.17) is 9.47 Å². The number of fused-ring (bicyclic) bond motifs is 2. The van der Waals surface area contributed by atoms with Gasteiger partial charge in [0.05, 0.1) is 11.6 Å². The van der Waals surface area contributed by atoms with E-state index in [2.05, 4.69) is 10.3 Å². The van der Waals surface area contributed by atoms with Gasteiger partial charge in [0.1, 0.15) is 0 Å². The molecule has 5 heteroatoms. The van der Waals surface area contributed by atoms with Crippen molar-refractivity contribution in [2.24, 2.45) is 0 Å². The third kappa shape index (κ3) is 3.24. The van der Waals surface area contributed by atoms with Crippen molar-refractivity contribution in [1.29, 1.82) is 0 Å². The molecule has 1 aliphatic rings. The summed E-state index contributed by atoms with van der Waals surface area (Å²) >= 11 is 0. The molecule has 2 aromatic carbocycles. The molecule has 1 aromatic heterocycles. The maximum atomic E-state index is 12.3. The maximum absolute atomic E-state index is 12.3. The van der Waals surface area contributed by atoms with Gasteiger partial charge < -0.3 is 14.8 Å². The summed E-state index contributed by atoms with van der Waals surface area (Å²) < 4.78 is 10.7. The van der Waals surface area contributed by atoms with Crippen LogP contribution in [0.1, 0.15) is 24.1 Å². The molecular formula is C21H18N2O3. The lowest BCUT2D eigenvalue weighted by Crippen LogP contribution is -2.24. The van der Waals surface area contributed by atoms with Gasteiger partial charge in [0, 0.05) is 17.7 Å². The molecule has 4 rings (SSSR count). The van der Waals surface area contributed by atoms with E-state index in [-0.39, 0.29) is 18.7 Å². The van der Waals surface area contributed by atoms with Crippen molar-refractivity contribution in [3.63, 3.8) is 0 Å². The van der Waals surface area contributed by atoms with Crippen molar-refractivity contribution >= 4 is 22.9 Å². The van der Waals surface area contributed by atoms with E-state index in [9.17, 15) is 4.79 Å². The molecule has 0 radical (unpaired) electrons. The molecule has 1 aliphatic heterocycles. The molecule has 0 fully saturated rings. The highest BCUT2D eigenvalue weighted by Gasteiger charge is 2.16. The first-order valence-electron chi connectivity index (χ1n) is 8.42. The molecule has 3 aromatic rings. The van der Waals surface area contributed by atoms with Gasteiger partial charge in [-0.2, -0.15) is 0 Å². The molecule has 0 spiro atoms. The van der Waals surface area contributed by atoms with Crippen LogP contribution in [0.5, 0.6) is 11.5 Å². The monoisotopic (exact) mass is 346 g/mol. The molecule has 2 heterocycles. The lowest BCUT2D eigenvalue weighted by molar-refractivity contribution is -0.117. The summed E-state index contributed by atoms with van der Waals surface area (Å²) in [6.07, 6.45) is 5.10. The zero-order chi connectivity index (χ0) is 17.9. The van der Waals surface area contributed by atoms with Crippen LogP contribution in [0.2, 0.25) is 0 Å². The van der Waals surface area contributed by atoms with Crippen LogP contribution in [0.15, 0.2) is 60.8 Å². The van der Waals surface area contributed by atoms with Crippen LogP contribution in [-0.2, 0) is 4.79 Å². The molecule has 130 valence electrons. The first-order chi connectivity index (χ1) is 12.7. The number of amides is 1. The van der Waals surface area contributed by atoms with E-state index in [1.165, 1.54) is 0 Å². The van der Waals surface area contributed by atoms with Gasteiger partial charge in [-0.05, 0) is 48.4 Å². The number of hydrogen-bond acceptors (Lipinski definition) is 4. The molecule has 26 heavy (non-hydrogen) atoms. The molecule has 5 nitrogen and oxygen atoms in total. The fourth-order valence-corrected chi connectivity index (χ4v) is 2.96. The Kier molecular flexibility index (Phi) is 4.27. The first-order valence-corrected chi connectivity index (χ1v) is 8.42. The maximum Gasteiger partial charge on any atom is 0.244 e. The van der Waals surface area contributed by atoms with Crippen LogP contribution in [0.3, 0.4) is 0 Å². The van der Waals surface area contributed by atoms with Crippen LogP contribution in [0, 0.1) is 0 Å². The summed E-state index contributed by atoms with van der Waals surface area (Å²) in [6.45, 7) is 2.17. The number of carbonyl (C=O) groups is 1. The van der Waals surface area contributed by atoms with Crippen LogP contribution in [0.4, 0.5) is 0 Å². The summed E-state index contributed by atoms with van der Waals surface area (Å²) in [7, 11) is 0. The van der Waals surface area contributed by atoms with Crippen LogP contribution >= 0.6 is 0 Å². The van der Waals surface area contributed by atoms with Gasteiger partial charge in [0.2, 0.25) is 12.7 Å². The first kappa shape index (κ1) is 16.1. The average Bonchev–Trinajstić information content (AvgIpc) is 3.14. The third-order valence-electron chi connectivity index (χ3n) is 4.35. The summed E-state index contributed by atoms with van der Waals surface area (Å²) in [5, 5.41) is 3.98. The SMILES string of the molecule is CC(NC(=O)C=Cc1ccnc2ccccc12)c1ccc2c(c1)OCO2. The normalized spacial score (nSPS) is 13.9. The fraction of sp³-hybridized carbons (Fsp3) is 0.143.